The molecule has 0 aliphatic carbocycles. The van der Waals surface area contributed by atoms with Crippen molar-refractivity contribution in [1.82, 2.24) is 4.90 Å². The number of sulfonamides is 1. The fraction of sp³-hybridized carbons (Fsp3) is 0.417. The maximum Gasteiger partial charge on any atom is 0.338 e. The Kier molecular flexibility index (Phi) is 6.68. The Bertz CT molecular complexity index is 1170. The number of carbonyl (C=O) groups excluding carboxylic acids is 2. The fourth-order valence-electron chi connectivity index (χ4n) is 4.67. The van der Waals surface area contributed by atoms with Gasteiger partial charge in [0.05, 0.1) is 16.3 Å². The van der Waals surface area contributed by atoms with E-state index >= 15 is 0 Å². The lowest BCUT2D eigenvalue weighted by Gasteiger charge is -2.34. The molecule has 4 rings (SSSR count). The molecule has 2 aliphatic heterocycles. The molecule has 2 aromatic rings. The highest BCUT2D eigenvalue weighted by Crippen LogP contribution is 2.35. The predicted molar refractivity (Wildman–Crippen MR) is 126 cm³/mol. The first kappa shape index (κ1) is 23.6. The third-order valence-electron chi connectivity index (χ3n) is 6.13. The van der Waals surface area contributed by atoms with E-state index in [-0.39, 0.29) is 28.0 Å². The molecule has 0 unspecified atom stereocenters. The van der Waals surface area contributed by atoms with E-state index in [0.29, 0.717) is 43.6 Å². The lowest BCUT2D eigenvalue weighted by Crippen LogP contribution is -2.44. The van der Waals surface area contributed by atoms with Crippen molar-refractivity contribution in [3.63, 3.8) is 0 Å². The largest absolute Gasteiger partial charge is 0.452 e. The van der Waals surface area contributed by atoms with Crippen LogP contribution in [0.5, 0.6) is 0 Å². The molecule has 9 heteroatoms. The van der Waals surface area contributed by atoms with E-state index in [1.807, 2.05) is 12.1 Å². The zero-order chi connectivity index (χ0) is 23.8. The van der Waals surface area contributed by atoms with Crippen LogP contribution < -0.4 is 4.31 Å². The molecule has 7 nitrogen and oxygen atoms in total. The summed E-state index contributed by atoms with van der Waals surface area (Å²) >= 11 is 6.23. The molecule has 2 aromatic carbocycles. The number of likely N-dealkylation sites (tertiary alicyclic amines) is 1. The SMILES string of the molecule is C[C@@H]1C[C@H](C)CN(C(=O)COC(=O)c2ccc(Cl)c(S(=O)(=O)N3CCc4ccccc43)c2)C1. The van der Waals surface area contributed by atoms with Crippen LogP contribution in [0.4, 0.5) is 5.69 Å². The number of fused-ring (bicyclic) bond motifs is 1. The van der Waals surface area contributed by atoms with Gasteiger partial charge in [0, 0.05) is 19.6 Å². The maximum absolute atomic E-state index is 13.4. The maximum atomic E-state index is 13.4. The highest BCUT2D eigenvalue weighted by Gasteiger charge is 2.33. The number of esters is 1. The molecule has 0 bridgehead atoms. The van der Waals surface area contributed by atoms with Crippen LogP contribution >= 0.6 is 11.6 Å². The van der Waals surface area contributed by atoms with Gasteiger partial charge in [-0.15, -0.1) is 0 Å². The van der Waals surface area contributed by atoms with Crippen molar-refractivity contribution >= 4 is 39.2 Å². The van der Waals surface area contributed by atoms with Gasteiger partial charge in [0.2, 0.25) is 0 Å². The number of ether oxygens (including phenoxy) is 1. The first-order chi connectivity index (χ1) is 15.7. The zero-order valence-corrected chi connectivity index (χ0v) is 20.2. The summed E-state index contributed by atoms with van der Waals surface area (Å²) in [5, 5.41) is 0.0169. The molecule has 2 aliphatic rings. The minimum atomic E-state index is -3.98. The quantitative estimate of drug-likeness (QED) is 0.596. The first-order valence-electron chi connectivity index (χ1n) is 11.0. The van der Waals surface area contributed by atoms with Crippen LogP contribution in [0, 0.1) is 11.8 Å². The topological polar surface area (TPSA) is 84.0 Å². The van der Waals surface area contributed by atoms with Gasteiger partial charge in [0.1, 0.15) is 4.90 Å². The van der Waals surface area contributed by atoms with Crippen LogP contribution in [0.2, 0.25) is 5.02 Å². The molecular formula is C24H27ClN2O5S. The summed E-state index contributed by atoms with van der Waals surface area (Å²) in [6.45, 7) is 5.38. The molecule has 176 valence electrons. The molecule has 2 heterocycles. The summed E-state index contributed by atoms with van der Waals surface area (Å²) < 4.78 is 33.2. The van der Waals surface area contributed by atoms with Crippen molar-refractivity contribution in [3.8, 4) is 0 Å². The Morgan fingerprint density at radius 1 is 1.09 bits per heavy atom. The molecule has 0 saturated carbocycles. The number of halogens is 1. The highest BCUT2D eigenvalue weighted by atomic mass is 35.5. The lowest BCUT2D eigenvalue weighted by atomic mass is 9.92. The van der Waals surface area contributed by atoms with Gasteiger partial charge in [-0.25, -0.2) is 13.2 Å². The Morgan fingerprint density at radius 3 is 2.52 bits per heavy atom. The summed E-state index contributed by atoms with van der Waals surface area (Å²) in [5.74, 6) is -0.227. The fourth-order valence-corrected chi connectivity index (χ4v) is 6.68. The average Bonchev–Trinajstić information content (AvgIpc) is 3.22. The minimum absolute atomic E-state index is 0.0169. The summed E-state index contributed by atoms with van der Waals surface area (Å²) in [7, 11) is -3.98. The van der Waals surface area contributed by atoms with Crippen molar-refractivity contribution in [2.45, 2.75) is 31.6 Å². The number of hydrogen-bond donors (Lipinski definition) is 0. The van der Waals surface area contributed by atoms with E-state index < -0.39 is 16.0 Å². The van der Waals surface area contributed by atoms with E-state index in [2.05, 4.69) is 13.8 Å². The van der Waals surface area contributed by atoms with Crippen LogP contribution in [-0.2, 0) is 26.0 Å². The van der Waals surface area contributed by atoms with Gasteiger partial charge in [-0.2, -0.15) is 0 Å². The number of amides is 1. The Labute approximate surface area is 199 Å². The number of benzene rings is 2. The van der Waals surface area contributed by atoms with Crippen LogP contribution in [0.1, 0.15) is 36.2 Å². The summed E-state index contributed by atoms with van der Waals surface area (Å²) in [4.78, 5) is 26.7. The number of rotatable bonds is 5. The number of hydrogen-bond acceptors (Lipinski definition) is 5. The molecule has 1 saturated heterocycles. The van der Waals surface area contributed by atoms with E-state index in [0.717, 1.165) is 12.0 Å². The first-order valence-corrected chi connectivity index (χ1v) is 12.8. The van der Waals surface area contributed by atoms with Gasteiger partial charge in [-0.05, 0) is 54.5 Å². The lowest BCUT2D eigenvalue weighted by molar-refractivity contribution is -0.137. The molecule has 2 atom stereocenters. The van der Waals surface area contributed by atoms with Crippen molar-refractivity contribution < 1.29 is 22.7 Å². The third kappa shape index (κ3) is 4.87. The third-order valence-corrected chi connectivity index (χ3v) is 8.42. The van der Waals surface area contributed by atoms with Gasteiger partial charge in [-0.1, -0.05) is 43.6 Å². The van der Waals surface area contributed by atoms with Crippen molar-refractivity contribution in [2.75, 3.05) is 30.5 Å². The zero-order valence-electron chi connectivity index (χ0n) is 18.7. The Hall–Kier alpha value is -2.58. The van der Waals surface area contributed by atoms with E-state index in [9.17, 15) is 18.0 Å². The average molecular weight is 491 g/mol. The van der Waals surface area contributed by atoms with Crippen LogP contribution in [0.3, 0.4) is 0 Å². The van der Waals surface area contributed by atoms with Gasteiger partial charge in [-0.3, -0.25) is 9.10 Å². The normalized spacial score (nSPS) is 20.5. The van der Waals surface area contributed by atoms with Gasteiger partial charge in [0.15, 0.2) is 6.61 Å². The van der Waals surface area contributed by atoms with Crippen molar-refractivity contribution in [2.24, 2.45) is 11.8 Å². The summed E-state index contributed by atoms with van der Waals surface area (Å²) in [5.41, 5.74) is 1.57. The molecule has 0 N–H and O–H groups in total. The van der Waals surface area contributed by atoms with Gasteiger partial charge in [0.25, 0.3) is 15.9 Å². The highest BCUT2D eigenvalue weighted by molar-refractivity contribution is 7.93. The van der Waals surface area contributed by atoms with Crippen molar-refractivity contribution in [1.29, 1.82) is 0 Å². The second kappa shape index (κ2) is 9.35. The number of anilines is 1. The molecule has 1 amide bonds. The van der Waals surface area contributed by atoms with Crippen LogP contribution in [-0.4, -0.2) is 51.4 Å². The monoisotopic (exact) mass is 490 g/mol. The Balaban J connectivity index is 1.49. The van der Waals surface area contributed by atoms with E-state index in [1.54, 1.807) is 17.0 Å². The second-order valence-electron chi connectivity index (χ2n) is 8.92. The van der Waals surface area contributed by atoms with Gasteiger partial charge >= 0.3 is 5.97 Å². The van der Waals surface area contributed by atoms with Gasteiger partial charge < -0.3 is 9.64 Å². The molecular weight excluding hydrogens is 464 g/mol. The van der Waals surface area contributed by atoms with Crippen LogP contribution in [0.25, 0.3) is 0 Å². The number of piperidine rings is 1. The van der Waals surface area contributed by atoms with E-state index in [4.69, 9.17) is 16.3 Å². The number of carbonyl (C=O) groups is 2. The standard InChI is InChI=1S/C24H27ClN2O5S/c1-16-11-17(2)14-26(13-16)23(28)15-32-24(29)19-7-8-20(25)22(12-19)33(30,31)27-10-9-18-5-3-4-6-21(18)27/h3-8,12,16-17H,9-11,13-15H2,1-2H3/t16-,17+. The molecule has 33 heavy (non-hydrogen) atoms. The molecule has 0 radical (unpaired) electrons. The summed E-state index contributed by atoms with van der Waals surface area (Å²) in [6.07, 6.45) is 1.66. The second-order valence-corrected chi connectivity index (χ2v) is 11.2. The predicted octanol–water partition coefficient (Wildman–Crippen LogP) is 3.75. The minimum Gasteiger partial charge on any atom is -0.452 e. The number of para-hydroxylation sites is 1. The molecule has 0 spiro atoms. The van der Waals surface area contributed by atoms with Crippen molar-refractivity contribution in [3.05, 3.63) is 58.6 Å². The number of nitrogens with zero attached hydrogens (tertiary/aromatic N) is 2. The Morgan fingerprint density at radius 2 is 1.79 bits per heavy atom. The van der Waals surface area contributed by atoms with Crippen LogP contribution in [0.15, 0.2) is 47.4 Å². The van der Waals surface area contributed by atoms with E-state index in [1.165, 1.54) is 22.5 Å². The molecule has 0 aromatic heterocycles. The molecule has 1 fully saturated rings. The summed E-state index contributed by atoms with van der Waals surface area (Å²) in [6, 6.07) is 11.3. The smallest absolute Gasteiger partial charge is 0.338 e.